The van der Waals surface area contributed by atoms with Crippen molar-refractivity contribution in [2.24, 2.45) is 0 Å². The number of aromatic nitrogens is 2. The van der Waals surface area contributed by atoms with E-state index in [2.05, 4.69) is 10.4 Å². The van der Waals surface area contributed by atoms with E-state index in [1.54, 1.807) is 29.9 Å². The number of carbonyl (C=O) groups excluding carboxylic acids is 1. The van der Waals surface area contributed by atoms with Crippen molar-refractivity contribution in [2.45, 2.75) is 13.5 Å². The van der Waals surface area contributed by atoms with Gasteiger partial charge in [0.2, 0.25) is 0 Å². The van der Waals surface area contributed by atoms with Crippen LogP contribution in [0.15, 0.2) is 36.7 Å². The number of nitrogens with zero attached hydrogens (tertiary/aromatic N) is 2. The highest BCUT2D eigenvalue weighted by molar-refractivity contribution is 5.95. The zero-order chi connectivity index (χ0) is 13.0. The van der Waals surface area contributed by atoms with Gasteiger partial charge in [-0.2, -0.15) is 5.10 Å². The first-order valence-electron chi connectivity index (χ1n) is 5.72. The maximum Gasteiger partial charge on any atom is 0.251 e. The summed E-state index contributed by atoms with van der Waals surface area (Å²) in [6, 6.07) is 6.54. The van der Waals surface area contributed by atoms with Crippen molar-refractivity contribution in [3.63, 3.8) is 0 Å². The molecule has 2 rings (SSSR count). The molecule has 0 atom stereocenters. The number of hydrogen-bond donors (Lipinski definition) is 2. The molecule has 0 aliphatic rings. The molecule has 0 fully saturated rings. The van der Waals surface area contributed by atoms with Gasteiger partial charge in [-0.25, -0.2) is 0 Å². The summed E-state index contributed by atoms with van der Waals surface area (Å²) in [6.45, 7) is 2.94. The number of aryl methyl sites for hydroxylation is 1. The molecule has 1 amide bonds. The third-order valence-electron chi connectivity index (χ3n) is 2.64. The lowest BCUT2D eigenvalue weighted by Gasteiger charge is -2.08. The van der Waals surface area contributed by atoms with Crippen molar-refractivity contribution in [3.8, 4) is 5.75 Å². The fourth-order valence-electron chi connectivity index (χ4n) is 1.71. The Bertz CT molecular complexity index is 535. The van der Waals surface area contributed by atoms with Crippen molar-refractivity contribution in [3.05, 3.63) is 47.8 Å². The number of aromatic hydroxyl groups is 1. The van der Waals surface area contributed by atoms with Crippen molar-refractivity contribution in [1.82, 2.24) is 15.1 Å². The number of nitrogens with one attached hydrogen (secondary N) is 1. The molecule has 18 heavy (non-hydrogen) atoms. The van der Waals surface area contributed by atoms with Gasteiger partial charge in [0, 0.05) is 24.5 Å². The molecule has 1 heterocycles. The molecule has 1 aromatic heterocycles. The molecule has 0 radical (unpaired) electrons. The van der Waals surface area contributed by atoms with Crippen molar-refractivity contribution in [1.29, 1.82) is 0 Å². The summed E-state index contributed by atoms with van der Waals surface area (Å²) in [5, 5.41) is 16.1. The molecular weight excluding hydrogens is 230 g/mol. The van der Waals surface area contributed by atoms with Crippen LogP contribution in [0.5, 0.6) is 5.75 Å². The van der Waals surface area contributed by atoms with Gasteiger partial charge in [0.05, 0.1) is 6.54 Å². The third-order valence-corrected chi connectivity index (χ3v) is 2.64. The predicted molar refractivity (Wildman–Crippen MR) is 67.4 cm³/mol. The largest absolute Gasteiger partial charge is 0.508 e. The van der Waals surface area contributed by atoms with Crippen molar-refractivity contribution < 1.29 is 9.90 Å². The van der Waals surface area contributed by atoms with E-state index < -0.39 is 0 Å². The van der Waals surface area contributed by atoms with Crippen LogP contribution in [0.1, 0.15) is 15.9 Å². The van der Waals surface area contributed by atoms with E-state index in [1.165, 1.54) is 6.07 Å². The number of phenols is 1. The van der Waals surface area contributed by atoms with Crippen molar-refractivity contribution >= 4 is 5.91 Å². The molecule has 0 saturated carbocycles. The summed E-state index contributed by atoms with van der Waals surface area (Å²) in [4.78, 5) is 11.9. The molecule has 0 aliphatic carbocycles. The second-order valence-electron chi connectivity index (χ2n) is 4.02. The number of amides is 1. The smallest absolute Gasteiger partial charge is 0.251 e. The average Bonchev–Trinajstić information content (AvgIpc) is 2.81. The van der Waals surface area contributed by atoms with Gasteiger partial charge in [-0.3, -0.25) is 9.48 Å². The van der Waals surface area contributed by atoms with Crippen LogP contribution in [0.4, 0.5) is 0 Å². The van der Waals surface area contributed by atoms with Gasteiger partial charge in [0.15, 0.2) is 0 Å². The molecule has 0 spiro atoms. The first-order chi connectivity index (χ1) is 8.66. The summed E-state index contributed by atoms with van der Waals surface area (Å²) in [5.74, 6) is 0.0280. The Labute approximate surface area is 105 Å². The lowest BCUT2D eigenvalue weighted by Crippen LogP contribution is -2.27. The summed E-state index contributed by atoms with van der Waals surface area (Å²) in [6.07, 6.45) is 3.55. The molecule has 0 saturated heterocycles. The molecule has 1 aromatic carbocycles. The number of rotatable bonds is 4. The summed E-state index contributed by atoms with van der Waals surface area (Å²) < 4.78 is 1.75. The zero-order valence-electron chi connectivity index (χ0n) is 10.1. The topological polar surface area (TPSA) is 67.2 Å². The molecule has 2 N–H and O–H groups in total. The van der Waals surface area contributed by atoms with Crippen molar-refractivity contribution in [2.75, 3.05) is 6.54 Å². The zero-order valence-corrected chi connectivity index (χ0v) is 10.1. The maximum absolute atomic E-state index is 11.9. The number of benzene rings is 1. The molecule has 5 nitrogen and oxygen atoms in total. The summed E-state index contributed by atoms with van der Waals surface area (Å²) >= 11 is 0. The third kappa shape index (κ3) is 2.88. The quantitative estimate of drug-likeness (QED) is 0.853. The van der Waals surface area contributed by atoms with Crippen LogP contribution < -0.4 is 5.32 Å². The van der Waals surface area contributed by atoms with E-state index >= 15 is 0 Å². The standard InChI is InChI=1S/C13H15N3O2/c1-10-9-11(17)3-4-12(10)13(18)14-6-8-16-7-2-5-15-16/h2-5,7,9,17H,6,8H2,1H3,(H,14,18). The SMILES string of the molecule is Cc1cc(O)ccc1C(=O)NCCn1cccn1. The van der Waals surface area contributed by atoms with E-state index in [9.17, 15) is 9.90 Å². The van der Waals surface area contributed by atoms with E-state index in [-0.39, 0.29) is 11.7 Å². The molecule has 0 aliphatic heterocycles. The van der Waals surface area contributed by atoms with Crippen LogP contribution in [0, 0.1) is 6.92 Å². The second kappa shape index (κ2) is 5.35. The molecule has 5 heteroatoms. The fraction of sp³-hybridized carbons (Fsp3) is 0.231. The molecule has 2 aromatic rings. The summed E-state index contributed by atoms with van der Waals surface area (Å²) in [7, 11) is 0. The van der Waals surface area contributed by atoms with Crippen LogP contribution in [0.3, 0.4) is 0 Å². The number of hydrogen-bond acceptors (Lipinski definition) is 3. The normalized spacial score (nSPS) is 10.3. The predicted octanol–water partition coefficient (Wildman–Crippen LogP) is 1.33. The van der Waals surface area contributed by atoms with Crippen LogP contribution >= 0.6 is 0 Å². The molecule has 94 valence electrons. The summed E-state index contributed by atoms with van der Waals surface area (Å²) in [5.41, 5.74) is 1.33. The fourth-order valence-corrected chi connectivity index (χ4v) is 1.71. The minimum absolute atomic E-state index is 0.139. The Kier molecular flexibility index (Phi) is 3.62. The highest BCUT2D eigenvalue weighted by atomic mass is 16.3. The lowest BCUT2D eigenvalue weighted by atomic mass is 10.1. The highest BCUT2D eigenvalue weighted by Gasteiger charge is 2.08. The van der Waals surface area contributed by atoms with E-state index in [1.807, 2.05) is 12.3 Å². The van der Waals surface area contributed by atoms with Crippen LogP contribution in [-0.2, 0) is 6.54 Å². The van der Waals surface area contributed by atoms with Gasteiger partial charge >= 0.3 is 0 Å². The minimum Gasteiger partial charge on any atom is -0.508 e. The average molecular weight is 245 g/mol. The maximum atomic E-state index is 11.9. The Morgan fingerprint density at radius 2 is 2.33 bits per heavy atom. The first-order valence-corrected chi connectivity index (χ1v) is 5.72. The Morgan fingerprint density at radius 1 is 1.50 bits per heavy atom. The minimum atomic E-state index is -0.139. The number of phenolic OH excluding ortho intramolecular Hbond substituents is 1. The van der Waals surface area contributed by atoms with Crippen LogP contribution in [0.25, 0.3) is 0 Å². The van der Waals surface area contributed by atoms with Gasteiger partial charge in [0.25, 0.3) is 5.91 Å². The second-order valence-corrected chi connectivity index (χ2v) is 4.02. The van der Waals surface area contributed by atoms with Gasteiger partial charge in [-0.1, -0.05) is 0 Å². The Balaban J connectivity index is 1.91. The van der Waals surface area contributed by atoms with E-state index in [4.69, 9.17) is 0 Å². The lowest BCUT2D eigenvalue weighted by molar-refractivity contribution is 0.0951. The van der Waals surface area contributed by atoms with E-state index in [0.29, 0.717) is 18.7 Å². The monoisotopic (exact) mass is 245 g/mol. The van der Waals surface area contributed by atoms with Gasteiger partial charge < -0.3 is 10.4 Å². The van der Waals surface area contributed by atoms with Gasteiger partial charge in [-0.15, -0.1) is 0 Å². The molecular formula is C13H15N3O2. The van der Waals surface area contributed by atoms with Gasteiger partial charge in [-0.05, 0) is 36.8 Å². The molecule has 0 unspecified atom stereocenters. The number of carbonyl (C=O) groups is 1. The van der Waals surface area contributed by atoms with Crippen LogP contribution in [0.2, 0.25) is 0 Å². The van der Waals surface area contributed by atoms with Crippen LogP contribution in [-0.4, -0.2) is 27.3 Å². The highest BCUT2D eigenvalue weighted by Crippen LogP contribution is 2.15. The molecule has 0 bridgehead atoms. The Morgan fingerprint density at radius 3 is 3.00 bits per heavy atom. The Hall–Kier alpha value is -2.30. The van der Waals surface area contributed by atoms with Gasteiger partial charge in [0.1, 0.15) is 5.75 Å². The first kappa shape index (κ1) is 12.2. The van der Waals surface area contributed by atoms with E-state index in [0.717, 1.165) is 5.56 Å².